The number of ether oxygens (including phenoxy) is 1. The van der Waals surface area contributed by atoms with Crippen LogP contribution < -0.4 is 10.6 Å². The molecular formula is C44H72N3O4+. The number of nitrogens with one attached hydrogen (secondary N) is 2. The lowest BCUT2D eigenvalue weighted by molar-refractivity contribution is -0.870. The molecule has 0 radical (unpaired) electrons. The van der Waals surface area contributed by atoms with E-state index in [0.717, 1.165) is 54.1 Å². The van der Waals surface area contributed by atoms with E-state index in [0.29, 0.717) is 25.9 Å². The van der Waals surface area contributed by atoms with E-state index in [1.54, 1.807) is 0 Å². The molecule has 0 aliphatic heterocycles. The van der Waals surface area contributed by atoms with E-state index in [-0.39, 0.29) is 11.8 Å². The quantitative estimate of drug-likeness (QED) is 0.0482. The number of carbonyl (C=O) groups is 3. The second kappa shape index (κ2) is 27.5. The number of benzene rings is 2. The van der Waals surface area contributed by atoms with Gasteiger partial charge in [0.05, 0.1) is 34.3 Å². The first-order valence-corrected chi connectivity index (χ1v) is 20.3. The van der Waals surface area contributed by atoms with Crippen LogP contribution in [0.2, 0.25) is 0 Å². The maximum absolute atomic E-state index is 13.8. The maximum Gasteiger partial charge on any atom is 0.328 e. The Morgan fingerprint density at radius 2 is 1.02 bits per heavy atom. The van der Waals surface area contributed by atoms with Gasteiger partial charge in [-0.3, -0.25) is 9.59 Å². The van der Waals surface area contributed by atoms with E-state index < -0.39 is 18.1 Å². The molecule has 2 aromatic carbocycles. The smallest absolute Gasteiger partial charge is 0.328 e. The summed E-state index contributed by atoms with van der Waals surface area (Å²) in [5.41, 5.74) is 1.88. The zero-order valence-corrected chi connectivity index (χ0v) is 32.8. The predicted octanol–water partition coefficient (Wildman–Crippen LogP) is 9.12. The lowest BCUT2D eigenvalue weighted by Crippen LogP contribution is -2.53. The van der Waals surface area contributed by atoms with Crippen molar-refractivity contribution >= 4 is 17.8 Å². The molecule has 286 valence electrons. The van der Waals surface area contributed by atoms with E-state index in [4.69, 9.17) is 4.74 Å². The maximum atomic E-state index is 13.8. The Morgan fingerprint density at radius 1 is 0.569 bits per heavy atom. The first-order valence-electron chi connectivity index (χ1n) is 20.3. The van der Waals surface area contributed by atoms with Crippen LogP contribution in [0.25, 0.3) is 0 Å². The Bertz CT molecular complexity index is 1180. The third-order valence-corrected chi connectivity index (χ3v) is 9.54. The van der Waals surface area contributed by atoms with Crippen LogP contribution >= 0.6 is 0 Å². The molecule has 2 amide bonds. The molecule has 2 aromatic rings. The Labute approximate surface area is 311 Å². The fourth-order valence-corrected chi connectivity index (χ4v) is 6.44. The molecule has 0 heterocycles. The Kier molecular flexibility index (Phi) is 23.7. The van der Waals surface area contributed by atoms with Gasteiger partial charge in [-0.1, -0.05) is 157 Å². The molecule has 0 aliphatic carbocycles. The van der Waals surface area contributed by atoms with Crippen molar-refractivity contribution in [1.29, 1.82) is 0 Å². The van der Waals surface area contributed by atoms with Crippen LogP contribution in [0.4, 0.5) is 0 Å². The number of unbranched alkanes of at least 4 members (excludes halogenated alkanes) is 16. The van der Waals surface area contributed by atoms with Crippen molar-refractivity contribution in [1.82, 2.24) is 10.6 Å². The highest BCUT2D eigenvalue weighted by atomic mass is 16.5. The average molecular weight is 707 g/mol. The largest absolute Gasteiger partial charge is 0.464 e. The van der Waals surface area contributed by atoms with Gasteiger partial charge in [0, 0.05) is 19.3 Å². The van der Waals surface area contributed by atoms with Gasteiger partial charge in [-0.05, 0) is 36.8 Å². The van der Waals surface area contributed by atoms with Gasteiger partial charge in [-0.15, -0.1) is 0 Å². The Hall–Kier alpha value is -3.19. The highest BCUT2D eigenvalue weighted by Gasteiger charge is 2.28. The third-order valence-electron chi connectivity index (χ3n) is 9.54. The molecule has 0 saturated heterocycles. The van der Waals surface area contributed by atoms with Crippen LogP contribution in [0.5, 0.6) is 0 Å². The van der Waals surface area contributed by atoms with Crippen molar-refractivity contribution in [3.05, 3.63) is 71.8 Å². The molecule has 51 heavy (non-hydrogen) atoms. The number of quaternary nitrogens is 1. The van der Waals surface area contributed by atoms with Gasteiger partial charge in [0.2, 0.25) is 11.8 Å². The van der Waals surface area contributed by atoms with E-state index in [2.05, 4.69) is 38.7 Å². The standard InChI is InChI=1S/C44H71N3O4/c1-5-6-7-8-9-10-13-16-19-28-35-51-44(50)41(37-39-31-24-21-25-32-39)46-43(49)40(36-38-29-22-20-23-30-38)45-42(48)33-26-17-14-11-12-15-18-27-34-47(2,3)4/h20-25,29-32,40-41H,5-19,26-28,33-37H2,1-4H3,(H-,45,46,48,49)/p+1/t40-,41-/m0/s1. The number of carbonyl (C=O) groups excluding carboxylic acids is 3. The number of amides is 2. The van der Waals surface area contributed by atoms with Crippen molar-refractivity contribution in [2.75, 3.05) is 34.3 Å². The van der Waals surface area contributed by atoms with Crippen molar-refractivity contribution in [3.63, 3.8) is 0 Å². The number of hydrogen-bond acceptors (Lipinski definition) is 4. The molecule has 2 N–H and O–H groups in total. The zero-order valence-electron chi connectivity index (χ0n) is 32.8. The first-order chi connectivity index (χ1) is 24.7. The van der Waals surface area contributed by atoms with E-state index in [9.17, 15) is 14.4 Å². The Morgan fingerprint density at radius 3 is 1.53 bits per heavy atom. The highest BCUT2D eigenvalue weighted by molar-refractivity contribution is 5.91. The molecule has 2 atom stereocenters. The number of nitrogens with zero attached hydrogens (tertiary/aromatic N) is 1. The Balaban J connectivity index is 1.86. The van der Waals surface area contributed by atoms with Crippen LogP contribution in [0.15, 0.2) is 60.7 Å². The minimum absolute atomic E-state index is 0.130. The molecule has 0 saturated carbocycles. The summed E-state index contributed by atoms with van der Waals surface area (Å²) in [4.78, 5) is 40.2. The lowest BCUT2D eigenvalue weighted by Gasteiger charge is -2.23. The lowest BCUT2D eigenvalue weighted by atomic mass is 10.0. The summed E-state index contributed by atoms with van der Waals surface area (Å²) in [5.74, 6) is -0.926. The van der Waals surface area contributed by atoms with Gasteiger partial charge in [0.25, 0.3) is 0 Å². The number of esters is 1. The molecule has 2 rings (SSSR count). The SMILES string of the molecule is CCCCCCCCCCCCOC(=O)[C@H](Cc1ccccc1)NC(=O)[C@H](Cc1ccccc1)NC(=O)CCCCCCCCCC[N+](C)(C)C. The highest BCUT2D eigenvalue weighted by Crippen LogP contribution is 2.13. The van der Waals surface area contributed by atoms with Crippen molar-refractivity contribution in [3.8, 4) is 0 Å². The molecule has 7 heteroatoms. The van der Waals surface area contributed by atoms with Crippen LogP contribution in [-0.2, 0) is 32.0 Å². The average Bonchev–Trinajstić information content (AvgIpc) is 3.11. The van der Waals surface area contributed by atoms with Crippen molar-refractivity contribution < 1.29 is 23.6 Å². The van der Waals surface area contributed by atoms with Crippen LogP contribution in [-0.4, -0.2) is 68.6 Å². The summed E-state index contributed by atoms with van der Waals surface area (Å²) in [6.07, 6.45) is 22.3. The van der Waals surface area contributed by atoms with Crippen LogP contribution in [0.3, 0.4) is 0 Å². The first kappa shape index (κ1) is 44.0. The summed E-state index contributed by atoms with van der Waals surface area (Å²) in [6, 6.07) is 17.8. The minimum atomic E-state index is -0.842. The normalized spacial score (nSPS) is 12.6. The molecular weight excluding hydrogens is 635 g/mol. The zero-order chi connectivity index (χ0) is 37.0. The molecule has 0 fully saturated rings. The van der Waals surface area contributed by atoms with E-state index in [1.807, 2.05) is 60.7 Å². The molecule has 0 bridgehead atoms. The second-order valence-electron chi connectivity index (χ2n) is 15.5. The van der Waals surface area contributed by atoms with Gasteiger partial charge in [0.15, 0.2) is 0 Å². The summed E-state index contributed by atoms with van der Waals surface area (Å²) in [7, 11) is 6.73. The number of rotatable bonds is 30. The van der Waals surface area contributed by atoms with Gasteiger partial charge in [0.1, 0.15) is 12.1 Å². The summed E-state index contributed by atoms with van der Waals surface area (Å²) >= 11 is 0. The van der Waals surface area contributed by atoms with Gasteiger partial charge in [-0.2, -0.15) is 0 Å². The summed E-state index contributed by atoms with van der Waals surface area (Å²) < 4.78 is 6.74. The molecule has 0 unspecified atom stereocenters. The minimum Gasteiger partial charge on any atom is -0.464 e. The van der Waals surface area contributed by atoms with Gasteiger partial charge < -0.3 is 19.9 Å². The van der Waals surface area contributed by atoms with Crippen LogP contribution in [0, 0.1) is 0 Å². The summed E-state index contributed by atoms with van der Waals surface area (Å²) in [5, 5.41) is 5.96. The number of hydrogen-bond donors (Lipinski definition) is 2. The van der Waals surface area contributed by atoms with Crippen LogP contribution in [0.1, 0.15) is 140 Å². The molecule has 0 aromatic heterocycles. The topological polar surface area (TPSA) is 84.5 Å². The monoisotopic (exact) mass is 707 g/mol. The van der Waals surface area contributed by atoms with Crippen molar-refractivity contribution in [2.24, 2.45) is 0 Å². The van der Waals surface area contributed by atoms with Crippen molar-refractivity contribution in [2.45, 2.75) is 154 Å². The third kappa shape index (κ3) is 23.1. The van der Waals surface area contributed by atoms with Gasteiger partial charge >= 0.3 is 5.97 Å². The fraction of sp³-hybridized carbons (Fsp3) is 0.659. The molecule has 0 aliphatic rings. The summed E-state index contributed by atoms with van der Waals surface area (Å²) in [6.45, 7) is 3.81. The molecule has 7 nitrogen and oxygen atoms in total. The predicted molar refractivity (Wildman–Crippen MR) is 211 cm³/mol. The fourth-order valence-electron chi connectivity index (χ4n) is 6.44. The second-order valence-corrected chi connectivity index (χ2v) is 15.5. The van der Waals surface area contributed by atoms with E-state index in [1.165, 1.54) is 83.6 Å². The van der Waals surface area contributed by atoms with Gasteiger partial charge in [-0.25, -0.2) is 4.79 Å². The molecule has 0 spiro atoms. The van der Waals surface area contributed by atoms with E-state index >= 15 is 0 Å².